The van der Waals surface area contributed by atoms with Crippen LogP contribution >= 0.6 is 0 Å². The number of rotatable bonds is 6. The molecule has 1 aliphatic rings. The van der Waals surface area contributed by atoms with Crippen LogP contribution in [0.4, 0.5) is 0 Å². The molecule has 0 unspecified atom stereocenters. The van der Waals surface area contributed by atoms with E-state index in [2.05, 4.69) is 11.9 Å². The number of nitrogens with one attached hydrogen (secondary N) is 1. The van der Waals surface area contributed by atoms with Crippen LogP contribution < -0.4 is 5.32 Å². The Morgan fingerprint density at radius 1 is 1.60 bits per heavy atom. The Labute approximate surface area is 90.3 Å². The van der Waals surface area contributed by atoms with Gasteiger partial charge in [-0.1, -0.05) is 6.58 Å². The van der Waals surface area contributed by atoms with Gasteiger partial charge in [-0.2, -0.15) is 0 Å². The van der Waals surface area contributed by atoms with Crippen LogP contribution in [0.3, 0.4) is 0 Å². The Hall–Kier alpha value is -0.870. The van der Waals surface area contributed by atoms with E-state index in [4.69, 9.17) is 4.74 Å². The first-order valence-electron chi connectivity index (χ1n) is 5.35. The maximum Gasteiger partial charge on any atom is 0.334 e. The van der Waals surface area contributed by atoms with Crippen molar-refractivity contribution in [1.29, 1.82) is 0 Å². The van der Waals surface area contributed by atoms with Crippen LogP contribution in [0.15, 0.2) is 12.2 Å². The number of hydrogen-bond donors (Lipinski definition) is 2. The number of carbonyl (C=O) groups excluding carboxylic acids is 1. The van der Waals surface area contributed by atoms with Gasteiger partial charge in [0.15, 0.2) is 0 Å². The molecule has 0 aromatic rings. The maximum absolute atomic E-state index is 11.2. The van der Waals surface area contributed by atoms with E-state index in [0.717, 1.165) is 19.3 Å². The minimum Gasteiger partial charge on any atom is -0.463 e. The minimum absolute atomic E-state index is 0.363. The fourth-order valence-corrected chi connectivity index (χ4v) is 1.51. The number of esters is 1. The fourth-order valence-electron chi connectivity index (χ4n) is 1.51. The van der Waals surface area contributed by atoms with Crippen LogP contribution in [0.1, 0.15) is 26.2 Å². The van der Waals surface area contributed by atoms with Crippen molar-refractivity contribution < 1.29 is 14.6 Å². The van der Waals surface area contributed by atoms with Gasteiger partial charge in [0.25, 0.3) is 0 Å². The minimum atomic E-state index is -0.561. The highest BCUT2D eigenvalue weighted by atomic mass is 16.5. The van der Waals surface area contributed by atoms with E-state index in [1.165, 1.54) is 0 Å². The monoisotopic (exact) mass is 213 g/mol. The molecule has 4 heteroatoms. The molecule has 0 aliphatic heterocycles. The predicted molar refractivity (Wildman–Crippen MR) is 57.4 cm³/mol. The van der Waals surface area contributed by atoms with Crippen molar-refractivity contribution in [2.24, 2.45) is 0 Å². The van der Waals surface area contributed by atoms with E-state index in [-0.39, 0.29) is 5.97 Å². The van der Waals surface area contributed by atoms with Gasteiger partial charge in [0.05, 0.1) is 12.2 Å². The molecule has 86 valence electrons. The second-order valence-corrected chi connectivity index (χ2v) is 4.01. The first-order valence-corrected chi connectivity index (χ1v) is 5.35. The smallest absolute Gasteiger partial charge is 0.334 e. The Balaban J connectivity index is 2.14. The molecule has 1 rings (SSSR count). The van der Waals surface area contributed by atoms with Crippen LogP contribution in [0.2, 0.25) is 0 Å². The van der Waals surface area contributed by atoms with E-state index in [9.17, 15) is 9.90 Å². The number of ether oxygens (including phenoxy) is 1. The molecular formula is C11H19NO3. The van der Waals surface area contributed by atoms with Gasteiger partial charge in [-0.3, -0.25) is 0 Å². The molecule has 2 N–H and O–H groups in total. The molecule has 0 bridgehead atoms. The molecule has 0 heterocycles. The fraction of sp³-hybridized carbons (Fsp3) is 0.727. The summed E-state index contributed by atoms with van der Waals surface area (Å²) in [5, 5.41) is 12.8. The normalized spacial score (nSPS) is 18.0. The van der Waals surface area contributed by atoms with Crippen molar-refractivity contribution in [3.8, 4) is 0 Å². The molecule has 1 fully saturated rings. The van der Waals surface area contributed by atoms with Gasteiger partial charge >= 0.3 is 5.97 Å². The van der Waals surface area contributed by atoms with Gasteiger partial charge in [-0.15, -0.1) is 0 Å². The van der Waals surface area contributed by atoms with Gasteiger partial charge in [-0.25, -0.2) is 4.79 Å². The zero-order chi connectivity index (χ0) is 11.3. The Morgan fingerprint density at radius 2 is 2.27 bits per heavy atom. The largest absolute Gasteiger partial charge is 0.463 e. The summed E-state index contributed by atoms with van der Waals surface area (Å²) in [5.41, 5.74) is -0.158. The van der Waals surface area contributed by atoms with Crippen LogP contribution in [-0.4, -0.2) is 36.4 Å². The topological polar surface area (TPSA) is 58.6 Å². The summed E-state index contributed by atoms with van der Waals surface area (Å²) in [5.74, 6) is -0.370. The second-order valence-electron chi connectivity index (χ2n) is 4.01. The van der Waals surface area contributed by atoms with E-state index < -0.39 is 5.60 Å². The summed E-state index contributed by atoms with van der Waals surface area (Å²) in [4.78, 5) is 11.2. The lowest BCUT2D eigenvalue weighted by molar-refractivity contribution is -0.138. The third kappa shape index (κ3) is 3.64. The quantitative estimate of drug-likeness (QED) is 0.501. The molecule has 1 aliphatic carbocycles. The van der Waals surface area contributed by atoms with Crippen molar-refractivity contribution in [3.05, 3.63) is 12.2 Å². The molecule has 0 spiro atoms. The molecule has 0 amide bonds. The SMILES string of the molecule is C=C(CNCC1(O)CCC1)C(=O)OCC. The average molecular weight is 213 g/mol. The van der Waals surface area contributed by atoms with Gasteiger partial charge in [0, 0.05) is 18.7 Å². The molecule has 15 heavy (non-hydrogen) atoms. The third-order valence-corrected chi connectivity index (χ3v) is 2.64. The molecule has 0 radical (unpaired) electrons. The Bertz CT molecular complexity index is 246. The molecule has 0 aromatic carbocycles. The lowest BCUT2D eigenvalue weighted by Gasteiger charge is -2.36. The predicted octanol–water partition coefficient (Wildman–Crippen LogP) is 0.610. The van der Waals surface area contributed by atoms with Gasteiger partial charge < -0.3 is 15.2 Å². The van der Waals surface area contributed by atoms with Gasteiger partial charge in [0.1, 0.15) is 0 Å². The van der Waals surface area contributed by atoms with Gasteiger partial charge in [-0.05, 0) is 26.2 Å². The molecule has 0 saturated heterocycles. The summed E-state index contributed by atoms with van der Waals surface area (Å²) in [6.45, 7) is 6.64. The molecule has 0 aromatic heterocycles. The summed E-state index contributed by atoms with van der Waals surface area (Å²) in [6, 6.07) is 0. The van der Waals surface area contributed by atoms with E-state index in [1.54, 1.807) is 6.92 Å². The Morgan fingerprint density at radius 3 is 2.73 bits per heavy atom. The summed E-state index contributed by atoms with van der Waals surface area (Å²) >= 11 is 0. The van der Waals surface area contributed by atoms with Crippen molar-refractivity contribution in [2.75, 3.05) is 19.7 Å². The third-order valence-electron chi connectivity index (χ3n) is 2.64. The van der Waals surface area contributed by atoms with Crippen molar-refractivity contribution in [1.82, 2.24) is 5.32 Å². The summed E-state index contributed by atoms with van der Waals surface area (Å²) in [7, 11) is 0. The standard InChI is InChI=1S/C11H19NO3/c1-3-15-10(13)9(2)7-12-8-11(14)5-4-6-11/h12,14H,2-8H2,1H3. The lowest BCUT2D eigenvalue weighted by Crippen LogP contribution is -2.46. The number of hydrogen-bond acceptors (Lipinski definition) is 4. The average Bonchev–Trinajstić information content (AvgIpc) is 2.15. The first kappa shape index (κ1) is 12.2. The molecule has 0 atom stereocenters. The van der Waals surface area contributed by atoms with Crippen LogP contribution in [0.5, 0.6) is 0 Å². The van der Waals surface area contributed by atoms with Crippen molar-refractivity contribution >= 4 is 5.97 Å². The highest BCUT2D eigenvalue weighted by Crippen LogP contribution is 2.30. The molecule has 1 saturated carbocycles. The van der Waals surface area contributed by atoms with Crippen molar-refractivity contribution in [3.63, 3.8) is 0 Å². The summed E-state index contributed by atoms with van der Waals surface area (Å²) in [6.07, 6.45) is 2.76. The van der Waals surface area contributed by atoms with Crippen LogP contribution in [-0.2, 0) is 9.53 Å². The van der Waals surface area contributed by atoms with Gasteiger partial charge in [0.2, 0.25) is 0 Å². The summed E-state index contributed by atoms with van der Waals surface area (Å²) < 4.78 is 4.79. The number of carbonyl (C=O) groups is 1. The lowest BCUT2D eigenvalue weighted by atomic mass is 9.80. The van der Waals surface area contributed by atoms with E-state index >= 15 is 0 Å². The second kappa shape index (κ2) is 5.28. The van der Waals surface area contributed by atoms with Crippen LogP contribution in [0.25, 0.3) is 0 Å². The zero-order valence-electron chi connectivity index (χ0n) is 9.21. The van der Waals surface area contributed by atoms with Crippen LogP contribution in [0, 0.1) is 0 Å². The number of aliphatic hydroxyl groups is 1. The zero-order valence-corrected chi connectivity index (χ0v) is 9.21. The Kier molecular flexibility index (Phi) is 4.29. The highest BCUT2D eigenvalue weighted by Gasteiger charge is 2.33. The van der Waals surface area contributed by atoms with Crippen molar-refractivity contribution in [2.45, 2.75) is 31.8 Å². The molecule has 4 nitrogen and oxygen atoms in total. The first-order chi connectivity index (χ1) is 7.07. The van der Waals surface area contributed by atoms with E-state index in [0.29, 0.717) is 25.3 Å². The van der Waals surface area contributed by atoms with E-state index in [1.807, 2.05) is 0 Å². The molecular weight excluding hydrogens is 194 g/mol. The highest BCUT2D eigenvalue weighted by molar-refractivity contribution is 5.88. The maximum atomic E-state index is 11.2.